The Kier molecular flexibility index (Phi) is 4.58. The van der Waals surface area contributed by atoms with Crippen molar-refractivity contribution in [2.75, 3.05) is 0 Å². The van der Waals surface area contributed by atoms with Crippen LogP contribution in [-0.4, -0.2) is 23.1 Å². The normalized spacial score (nSPS) is 10.7. The maximum Gasteiger partial charge on any atom is 0.416 e. The lowest BCUT2D eigenvalue weighted by atomic mass is 10.2. The van der Waals surface area contributed by atoms with E-state index in [2.05, 4.69) is 15.9 Å². The zero-order valence-corrected chi connectivity index (χ0v) is 9.03. The highest BCUT2D eigenvalue weighted by Gasteiger charge is 2.30. The highest BCUT2D eigenvalue weighted by atomic mass is 79.9. The molecule has 1 rings (SSSR count). The molecule has 1 aromatic rings. The predicted octanol–water partition coefficient (Wildman–Crippen LogP) is 3.09. The highest BCUT2D eigenvalue weighted by Crippen LogP contribution is 2.30. The molecule has 5 heteroatoms. The van der Waals surface area contributed by atoms with E-state index in [1.807, 2.05) is 0 Å². The van der Waals surface area contributed by atoms with Crippen LogP contribution in [-0.2, 0) is 6.18 Å². The fraction of sp³-hybridized carbons (Fsp3) is 0.143. The summed E-state index contributed by atoms with van der Waals surface area (Å²) < 4.78 is 36.3. The van der Waals surface area contributed by atoms with Crippen molar-refractivity contribution in [1.29, 1.82) is 0 Å². The first-order valence-electron chi connectivity index (χ1n) is 2.83. The number of hydrogen-bond acceptors (Lipinski definition) is 0. The molecule has 0 atom stereocenters. The molecule has 0 unspecified atom stereocenters. The first kappa shape index (κ1) is 12.3. The van der Waals surface area contributed by atoms with E-state index in [-0.39, 0.29) is 23.1 Å². The lowest BCUT2D eigenvalue weighted by Crippen LogP contribution is -2.03. The van der Waals surface area contributed by atoms with Crippen LogP contribution < -0.4 is 0 Å². The van der Waals surface area contributed by atoms with Gasteiger partial charge in [-0.15, -0.1) is 0 Å². The van der Waals surface area contributed by atoms with Crippen LogP contribution in [0.25, 0.3) is 0 Å². The summed E-state index contributed by atoms with van der Waals surface area (Å²) in [6.45, 7) is 0. The van der Waals surface area contributed by atoms with E-state index in [1.54, 1.807) is 6.07 Å². The van der Waals surface area contributed by atoms with Gasteiger partial charge in [-0.3, -0.25) is 0 Å². The lowest BCUT2D eigenvalue weighted by Gasteiger charge is -2.05. The summed E-state index contributed by atoms with van der Waals surface area (Å²) in [5.41, 5.74) is -0.633. The molecule has 2 radical (unpaired) electrons. The van der Waals surface area contributed by atoms with Gasteiger partial charge >= 0.3 is 6.18 Å². The molecule has 0 aliphatic rings. The second-order valence-corrected chi connectivity index (χ2v) is 2.92. The summed E-state index contributed by atoms with van der Waals surface area (Å²) in [5.74, 6) is 0. The first-order valence-corrected chi connectivity index (χ1v) is 3.62. The Morgan fingerprint density at radius 3 is 2.08 bits per heavy atom. The van der Waals surface area contributed by atoms with Crippen molar-refractivity contribution in [3.8, 4) is 0 Å². The van der Waals surface area contributed by atoms with Crippen LogP contribution in [0.5, 0.6) is 0 Å². The number of halogens is 4. The maximum atomic E-state index is 11.9. The van der Waals surface area contributed by atoms with Gasteiger partial charge < -0.3 is 0 Å². The molecule has 0 aliphatic carbocycles. The number of alkyl halides is 3. The summed E-state index contributed by atoms with van der Waals surface area (Å²) in [6, 6.07) is 4.98. The van der Waals surface area contributed by atoms with Crippen molar-refractivity contribution in [2.45, 2.75) is 6.18 Å². The van der Waals surface area contributed by atoms with Gasteiger partial charge in [-0.1, -0.05) is 22.0 Å². The Balaban J connectivity index is 0.00000121. The van der Waals surface area contributed by atoms with Crippen LogP contribution in [0.2, 0.25) is 0 Å². The molecule has 0 saturated heterocycles. The van der Waals surface area contributed by atoms with Gasteiger partial charge in [0.1, 0.15) is 0 Å². The average Bonchev–Trinajstić information content (AvgIpc) is 1.86. The van der Waals surface area contributed by atoms with E-state index in [9.17, 15) is 13.2 Å². The van der Waals surface area contributed by atoms with Crippen molar-refractivity contribution in [3.63, 3.8) is 0 Å². The Hall–Kier alpha value is 0.256. The van der Waals surface area contributed by atoms with Crippen molar-refractivity contribution in [1.82, 2.24) is 0 Å². The van der Waals surface area contributed by atoms with E-state index in [4.69, 9.17) is 0 Å². The summed E-state index contributed by atoms with van der Waals surface area (Å²) >= 11 is 2.95. The van der Waals surface area contributed by atoms with Gasteiger partial charge in [0.15, 0.2) is 0 Å². The lowest BCUT2D eigenvalue weighted by molar-refractivity contribution is -0.137. The quantitative estimate of drug-likeness (QED) is 0.620. The molecule has 0 aromatic heterocycles. The Morgan fingerprint density at radius 2 is 1.75 bits per heavy atom. The predicted molar refractivity (Wildman–Crippen MR) is 44.9 cm³/mol. The molecule has 0 aliphatic heterocycles. The van der Waals surface area contributed by atoms with Crippen LogP contribution >= 0.6 is 15.9 Å². The van der Waals surface area contributed by atoms with Crippen LogP contribution in [0.1, 0.15) is 5.56 Å². The molecule has 1 aromatic carbocycles. The largest absolute Gasteiger partial charge is 0.416 e. The second kappa shape index (κ2) is 4.48. The topological polar surface area (TPSA) is 0 Å². The van der Waals surface area contributed by atoms with E-state index in [0.717, 1.165) is 12.1 Å². The third kappa shape index (κ3) is 3.33. The molecule has 0 spiro atoms. The third-order valence-corrected chi connectivity index (χ3v) is 1.65. The van der Waals surface area contributed by atoms with Gasteiger partial charge in [0.25, 0.3) is 0 Å². The molecule has 0 N–H and O–H groups in total. The van der Waals surface area contributed by atoms with Crippen LogP contribution in [0.3, 0.4) is 0 Å². The van der Waals surface area contributed by atoms with E-state index in [1.165, 1.54) is 6.07 Å². The number of hydrogen-bond donors (Lipinski definition) is 0. The standard InChI is InChI=1S/C7H4BrF3.Mg/c8-6-3-1-2-5(4-6)7(9,10)11;/h1-4H;. The number of benzene rings is 1. The molecule has 0 bridgehead atoms. The molecule has 0 saturated carbocycles. The summed E-state index contributed by atoms with van der Waals surface area (Å²) in [6.07, 6.45) is -4.25. The monoisotopic (exact) mass is 248 g/mol. The van der Waals surface area contributed by atoms with Gasteiger partial charge in [0.05, 0.1) is 5.56 Å². The van der Waals surface area contributed by atoms with Crippen molar-refractivity contribution in [2.24, 2.45) is 0 Å². The minimum atomic E-state index is -4.25. The van der Waals surface area contributed by atoms with Gasteiger partial charge in [-0.2, -0.15) is 13.2 Å². The molecular weight excluding hydrogens is 245 g/mol. The Bertz CT molecular complexity index is 259. The van der Waals surface area contributed by atoms with Crippen LogP contribution in [0, 0.1) is 0 Å². The molecule has 0 nitrogen and oxygen atoms in total. The first-order chi connectivity index (χ1) is 5.00. The van der Waals surface area contributed by atoms with E-state index < -0.39 is 11.7 Å². The molecule has 0 amide bonds. The Morgan fingerprint density at radius 1 is 1.17 bits per heavy atom. The average molecular weight is 249 g/mol. The highest BCUT2D eigenvalue weighted by molar-refractivity contribution is 9.10. The fourth-order valence-electron chi connectivity index (χ4n) is 0.665. The van der Waals surface area contributed by atoms with Crippen molar-refractivity contribution >= 4 is 39.0 Å². The zero-order valence-electron chi connectivity index (χ0n) is 6.03. The zero-order chi connectivity index (χ0) is 8.48. The van der Waals surface area contributed by atoms with E-state index >= 15 is 0 Å². The van der Waals surface area contributed by atoms with Gasteiger partial charge in [-0.05, 0) is 18.2 Å². The van der Waals surface area contributed by atoms with Crippen molar-refractivity contribution in [3.05, 3.63) is 34.3 Å². The summed E-state index contributed by atoms with van der Waals surface area (Å²) in [4.78, 5) is 0. The molecule has 0 fully saturated rings. The van der Waals surface area contributed by atoms with Crippen molar-refractivity contribution < 1.29 is 13.2 Å². The van der Waals surface area contributed by atoms with Crippen LogP contribution in [0.4, 0.5) is 13.2 Å². The molecule has 62 valence electrons. The maximum absolute atomic E-state index is 11.9. The number of rotatable bonds is 0. The fourth-order valence-corrected chi connectivity index (χ4v) is 1.06. The molecule has 12 heavy (non-hydrogen) atoms. The SMILES string of the molecule is FC(F)(F)c1cccc(Br)c1.[Mg]. The van der Waals surface area contributed by atoms with Gasteiger partial charge in [0.2, 0.25) is 0 Å². The second-order valence-electron chi connectivity index (χ2n) is 2.01. The summed E-state index contributed by atoms with van der Waals surface area (Å²) in [7, 11) is 0. The summed E-state index contributed by atoms with van der Waals surface area (Å²) in [5, 5.41) is 0. The third-order valence-electron chi connectivity index (χ3n) is 1.15. The molecular formula is C7H4BrF3Mg. The smallest absolute Gasteiger partial charge is 0.166 e. The minimum absolute atomic E-state index is 0. The minimum Gasteiger partial charge on any atom is -0.166 e. The van der Waals surface area contributed by atoms with Gasteiger partial charge in [-0.25, -0.2) is 0 Å². The van der Waals surface area contributed by atoms with Crippen LogP contribution in [0.15, 0.2) is 28.7 Å². The van der Waals surface area contributed by atoms with Gasteiger partial charge in [0, 0.05) is 27.5 Å². The van der Waals surface area contributed by atoms with E-state index in [0.29, 0.717) is 4.47 Å². The Labute approximate surface area is 92.4 Å². The molecule has 0 heterocycles.